The molecule has 80 valence electrons. The zero-order valence-electron chi connectivity index (χ0n) is 9.45. The van der Waals surface area contributed by atoms with E-state index in [2.05, 4.69) is 42.1 Å². The van der Waals surface area contributed by atoms with Gasteiger partial charge in [0.05, 0.1) is 0 Å². The predicted molar refractivity (Wildman–Crippen MR) is 64.8 cm³/mol. The van der Waals surface area contributed by atoms with Crippen molar-refractivity contribution in [3.05, 3.63) is 47.3 Å². The first-order valence-corrected chi connectivity index (χ1v) is 5.72. The third-order valence-electron chi connectivity index (χ3n) is 2.78. The molecule has 0 bridgehead atoms. The Hall–Kier alpha value is -1.29. The quantitative estimate of drug-likeness (QED) is 0.478. The maximum atomic E-state index is 6.68. The summed E-state index contributed by atoms with van der Waals surface area (Å²) in [5.41, 5.74) is 1.43. The summed E-state index contributed by atoms with van der Waals surface area (Å²) in [6, 6.07) is 10.7. The van der Waals surface area contributed by atoms with Gasteiger partial charge in [-0.15, -0.1) is 0 Å². The van der Waals surface area contributed by atoms with Crippen molar-refractivity contribution in [3.63, 3.8) is 0 Å². The van der Waals surface area contributed by atoms with E-state index >= 15 is 0 Å². The van der Waals surface area contributed by atoms with Crippen LogP contribution in [0.3, 0.4) is 0 Å². The van der Waals surface area contributed by atoms with Crippen LogP contribution < -0.4 is 0 Å². The normalized spacial score (nSPS) is 12.0. The van der Waals surface area contributed by atoms with Gasteiger partial charge in [0, 0.05) is 6.42 Å². The van der Waals surface area contributed by atoms with Crippen molar-refractivity contribution in [1.82, 2.24) is 0 Å². The highest BCUT2D eigenvalue weighted by atomic mass is 14.6. The van der Waals surface area contributed by atoms with Crippen molar-refractivity contribution < 1.29 is 0 Å². The lowest BCUT2D eigenvalue weighted by Crippen LogP contribution is -1.93. The Labute approximate surface area is 93.0 Å². The van der Waals surface area contributed by atoms with Gasteiger partial charge in [0.25, 0.3) is 0 Å². The first-order chi connectivity index (χ1) is 7.34. The summed E-state index contributed by atoms with van der Waals surface area (Å²) in [5.74, 6) is 0.652. The van der Waals surface area contributed by atoms with Crippen LogP contribution in [0.25, 0.3) is 4.85 Å². The average molecular weight is 201 g/mol. The Morgan fingerprint density at radius 2 is 1.87 bits per heavy atom. The van der Waals surface area contributed by atoms with Crippen LogP contribution >= 0.6 is 0 Å². The summed E-state index contributed by atoms with van der Waals surface area (Å²) in [6.45, 7) is 9.66. The largest absolute Gasteiger partial charge is 0.317 e. The topological polar surface area (TPSA) is 4.36 Å². The molecule has 0 aliphatic heterocycles. The van der Waals surface area contributed by atoms with Crippen LogP contribution in [0.2, 0.25) is 0 Å². The van der Waals surface area contributed by atoms with E-state index in [-0.39, 0.29) is 0 Å². The summed E-state index contributed by atoms with van der Waals surface area (Å²) in [7, 11) is 0. The van der Waals surface area contributed by atoms with E-state index in [1.807, 2.05) is 0 Å². The second kappa shape index (κ2) is 7.06. The van der Waals surface area contributed by atoms with Crippen molar-refractivity contribution >= 4 is 0 Å². The van der Waals surface area contributed by atoms with Crippen molar-refractivity contribution in [3.8, 4) is 0 Å². The standard InChI is InChI=1S/C14H19N/c1-13(9-5-4-8-12-15-2)14-10-6-3-7-11-14/h3,6-7,10-11,13H,4-5,8-9,12H2,1H3. The Morgan fingerprint density at radius 3 is 2.53 bits per heavy atom. The molecule has 1 rings (SSSR count). The summed E-state index contributed by atoms with van der Waals surface area (Å²) in [5, 5.41) is 0. The Balaban J connectivity index is 2.20. The van der Waals surface area contributed by atoms with Crippen molar-refractivity contribution in [2.75, 3.05) is 6.54 Å². The molecule has 1 aromatic carbocycles. The molecule has 1 unspecified atom stereocenters. The molecule has 0 aliphatic carbocycles. The highest BCUT2D eigenvalue weighted by molar-refractivity contribution is 5.18. The van der Waals surface area contributed by atoms with E-state index < -0.39 is 0 Å². The highest BCUT2D eigenvalue weighted by Gasteiger charge is 2.03. The van der Waals surface area contributed by atoms with Gasteiger partial charge in [0.1, 0.15) is 0 Å². The zero-order valence-corrected chi connectivity index (χ0v) is 9.45. The van der Waals surface area contributed by atoms with Gasteiger partial charge < -0.3 is 4.85 Å². The second-order valence-corrected chi connectivity index (χ2v) is 4.04. The molecule has 0 fully saturated rings. The van der Waals surface area contributed by atoms with Crippen LogP contribution in [-0.2, 0) is 0 Å². The molecule has 0 saturated heterocycles. The fourth-order valence-corrected chi connectivity index (χ4v) is 1.77. The SMILES string of the molecule is [C-]#[N+]CCCCCC(C)c1ccccc1. The molecule has 1 heteroatoms. The minimum atomic E-state index is 0.652. The summed E-state index contributed by atoms with van der Waals surface area (Å²) in [4.78, 5) is 3.36. The van der Waals surface area contributed by atoms with Crippen molar-refractivity contribution in [2.24, 2.45) is 0 Å². The monoisotopic (exact) mass is 201 g/mol. The summed E-state index contributed by atoms with van der Waals surface area (Å²) in [6.07, 6.45) is 4.73. The van der Waals surface area contributed by atoms with E-state index in [9.17, 15) is 0 Å². The minimum absolute atomic E-state index is 0.652. The minimum Gasteiger partial charge on any atom is -0.317 e. The number of nitrogens with zero attached hydrogens (tertiary/aromatic N) is 1. The van der Waals surface area contributed by atoms with Gasteiger partial charge in [-0.25, -0.2) is 6.57 Å². The fourth-order valence-electron chi connectivity index (χ4n) is 1.77. The number of benzene rings is 1. The number of hydrogen-bond acceptors (Lipinski definition) is 0. The highest BCUT2D eigenvalue weighted by Crippen LogP contribution is 2.21. The molecule has 1 atom stereocenters. The molecular weight excluding hydrogens is 182 g/mol. The Kier molecular flexibility index (Phi) is 5.55. The van der Waals surface area contributed by atoms with Crippen LogP contribution in [0, 0.1) is 6.57 Å². The van der Waals surface area contributed by atoms with Gasteiger partial charge in [0.15, 0.2) is 0 Å². The number of hydrogen-bond donors (Lipinski definition) is 0. The van der Waals surface area contributed by atoms with Crippen LogP contribution in [0.5, 0.6) is 0 Å². The lowest BCUT2D eigenvalue weighted by molar-refractivity contribution is 0.595. The number of rotatable bonds is 6. The van der Waals surface area contributed by atoms with Crippen LogP contribution in [0.1, 0.15) is 44.1 Å². The fraction of sp³-hybridized carbons (Fsp3) is 0.500. The third-order valence-corrected chi connectivity index (χ3v) is 2.78. The van der Waals surface area contributed by atoms with Crippen molar-refractivity contribution in [1.29, 1.82) is 0 Å². The van der Waals surface area contributed by atoms with Crippen LogP contribution in [-0.4, -0.2) is 6.54 Å². The van der Waals surface area contributed by atoms with Crippen molar-refractivity contribution in [2.45, 2.75) is 38.5 Å². The maximum absolute atomic E-state index is 6.68. The average Bonchev–Trinajstić information content (AvgIpc) is 2.30. The van der Waals surface area contributed by atoms with E-state index in [0.717, 1.165) is 6.42 Å². The molecule has 0 aromatic heterocycles. The Morgan fingerprint density at radius 1 is 1.13 bits per heavy atom. The molecule has 0 radical (unpaired) electrons. The van der Waals surface area contributed by atoms with Gasteiger partial charge in [-0.2, -0.15) is 0 Å². The second-order valence-electron chi connectivity index (χ2n) is 4.04. The first-order valence-electron chi connectivity index (χ1n) is 5.72. The van der Waals surface area contributed by atoms with Gasteiger partial charge >= 0.3 is 0 Å². The smallest absolute Gasteiger partial charge is 0.214 e. The lowest BCUT2D eigenvalue weighted by atomic mass is 9.95. The molecule has 15 heavy (non-hydrogen) atoms. The first kappa shape index (κ1) is 11.8. The molecular formula is C14H19N. The molecule has 0 amide bonds. The van der Waals surface area contributed by atoms with E-state index in [1.165, 1.54) is 24.8 Å². The molecule has 0 N–H and O–H groups in total. The third kappa shape index (κ3) is 4.65. The maximum Gasteiger partial charge on any atom is 0.214 e. The van der Waals surface area contributed by atoms with Crippen LogP contribution in [0.15, 0.2) is 30.3 Å². The van der Waals surface area contributed by atoms with E-state index in [4.69, 9.17) is 6.57 Å². The molecule has 0 heterocycles. The molecule has 0 spiro atoms. The molecule has 0 saturated carbocycles. The van der Waals surface area contributed by atoms with Gasteiger partial charge in [-0.1, -0.05) is 43.7 Å². The van der Waals surface area contributed by atoms with Crippen LogP contribution in [0.4, 0.5) is 0 Å². The molecule has 1 aromatic rings. The predicted octanol–water partition coefficient (Wildman–Crippen LogP) is 4.27. The zero-order chi connectivity index (χ0) is 10.9. The summed E-state index contributed by atoms with van der Waals surface area (Å²) >= 11 is 0. The molecule has 1 nitrogen and oxygen atoms in total. The number of unbranched alkanes of at least 4 members (excludes halogenated alkanes) is 2. The lowest BCUT2D eigenvalue weighted by Gasteiger charge is -2.10. The molecule has 0 aliphatic rings. The van der Waals surface area contributed by atoms with Gasteiger partial charge in [0.2, 0.25) is 6.54 Å². The van der Waals surface area contributed by atoms with Gasteiger partial charge in [-0.3, -0.25) is 0 Å². The van der Waals surface area contributed by atoms with Gasteiger partial charge in [-0.05, 0) is 24.3 Å². The summed E-state index contributed by atoms with van der Waals surface area (Å²) < 4.78 is 0. The Bertz CT molecular complexity index is 297. The van der Waals surface area contributed by atoms with E-state index in [1.54, 1.807) is 0 Å². The van der Waals surface area contributed by atoms with E-state index in [0.29, 0.717) is 12.5 Å².